The number of carbonyl (C=O) groups excluding carboxylic acids is 4. The van der Waals surface area contributed by atoms with Crippen molar-refractivity contribution in [3.8, 4) is 0 Å². The van der Waals surface area contributed by atoms with Gasteiger partial charge in [0.2, 0.25) is 0 Å². The summed E-state index contributed by atoms with van der Waals surface area (Å²) in [5.41, 5.74) is -7.22. The number of hydrogen-bond acceptors (Lipinski definition) is 16. The molecule has 0 aliphatic heterocycles. The van der Waals surface area contributed by atoms with Gasteiger partial charge in [0.15, 0.2) is 0 Å². The second kappa shape index (κ2) is 32.3. The molecule has 0 N–H and O–H groups in total. The minimum absolute atomic E-state index is 0.0455. The van der Waals surface area contributed by atoms with Crippen molar-refractivity contribution < 1.29 is 76.0 Å². The van der Waals surface area contributed by atoms with E-state index in [9.17, 15) is 19.2 Å². The molecule has 0 heterocycles. The largest absolute Gasteiger partial charge is 0.462 e. The van der Waals surface area contributed by atoms with Crippen LogP contribution in [0.1, 0.15) is 148 Å². The summed E-state index contributed by atoms with van der Waals surface area (Å²) in [7, 11) is 13.3. The molecule has 0 rings (SSSR count). The van der Waals surface area contributed by atoms with Crippen LogP contribution in [0, 0.1) is 5.41 Å². The van der Waals surface area contributed by atoms with Gasteiger partial charge in [-0.1, -0.05) is 26.3 Å². The molecule has 0 aromatic carbocycles. The number of hydrogen-bond donors (Lipinski definition) is 0. The molecule has 0 spiro atoms. The highest BCUT2D eigenvalue weighted by Gasteiger charge is 2.41. The van der Waals surface area contributed by atoms with Crippen molar-refractivity contribution in [3.63, 3.8) is 0 Å². The fourth-order valence-corrected chi connectivity index (χ4v) is 6.18. The zero-order valence-electron chi connectivity index (χ0n) is 47.5. The normalized spacial score (nSPS) is 14.5. The summed E-state index contributed by atoms with van der Waals surface area (Å²) in [6, 6.07) is 0. The topological polar surface area (TPSA) is 179 Å². The van der Waals surface area contributed by atoms with Gasteiger partial charge in [-0.2, -0.15) is 0 Å². The summed E-state index contributed by atoms with van der Waals surface area (Å²) >= 11 is 0. The van der Waals surface area contributed by atoms with Crippen LogP contribution in [-0.2, 0) is 76.0 Å². The highest BCUT2D eigenvalue weighted by Crippen LogP contribution is 2.33. The molecule has 0 bridgehead atoms. The Labute approximate surface area is 442 Å². The molecule has 416 valence electrons. The van der Waals surface area contributed by atoms with Crippen molar-refractivity contribution in [3.05, 3.63) is 50.6 Å². The van der Waals surface area contributed by atoms with Gasteiger partial charge < -0.3 is 56.8 Å². The van der Waals surface area contributed by atoms with Crippen LogP contribution in [0.4, 0.5) is 0 Å². The number of rotatable bonds is 44. The Hall–Kier alpha value is -3.35. The van der Waals surface area contributed by atoms with Gasteiger partial charge in [0.1, 0.15) is 15.7 Å². The Morgan fingerprint density at radius 1 is 0.315 bits per heavy atom. The van der Waals surface area contributed by atoms with E-state index in [-0.39, 0.29) is 72.5 Å². The fraction of sp³-hybridized carbons (Fsp3) is 0.782. The minimum atomic E-state index is -1.19. The van der Waals surface area contributed by atoms with Crippen LogP contribution in [0.25, 0.3) is 0 Å². The van der Waals surface area contributed by atoms with Crippen molar-refractivity contribution in [2.75, 3.05) is 79.3 Å². The third-order valence-electron chi connectivity index (χ3n) is 12.0. The van der Waals surface area contributed by atoms with Crippen LogP contribution in [0.15, 0.2) is 50.6 Å². The van der Waals surface area contributed by atoms with E-state index in [2.05, 4.69) is 26.3 Å². The van der Waals surface area contributed by atoms with E-state index in [1.165, 1.54) is 0 Å². The molecule has 0 aliphatic rings. The van der Waals surface area contributed by atoms with Crippen LogP contribution >= 0.6 is 0 Å². The average Bonchev–Trinajstić information content (AvgIpc) is 3.27. The second-order valence-electron chi connectivity index (χ2n) is 22.7. The van der Waals surface area contributed by atoms with Crippen LogP contribution in [0.3, 0.4) is 0 Å². The van der Waals surface area contributed by atoms with Crippen molar-refractivity contribution in [2.45, 2.75) is 193 Å². The molecule has 2 atom stereocenters. The maximum absolute atomic E-state index is 11.6. The second-order valence-corrected chi connectivity index (χ2v) is 22.7. The Kier molecular flexibility index (Phi) is 30.8. The SMILES string of the molecule is [B]C(C)(CCOC(=O)C=C)OCCC(C)(C)OCC(COC([B])(C)CCOC(C)(C)CCOC(=O)C=C)(COC(C)(C)CCOC(C)(C)CCOC(=O)C=C)COC(C)(C)CCOC(C)(C)CCOC(=O)C=C. The molecule has 0 aromatic heterocycles. The lowest BCUT2D eigenvalue weighted by Crippen LogP contribution is -2.50. The van der Waals surface area contributed by atoms with Crippen LogP contribution in [0.5, 0.6) is 0 Å². The molecule has 2 unspecified atom stereocenters. The minimum Gasteiger partial charge on any atom is -0.462 e. The van der Waals surface area contributed by atoms with E-state index in [1.807, 2.05) is 83.1 Å². The first-order valence-electron chi connectivity index (χ1n) is 25.3. The van der Waals surface area contributed by atoms with Gasteiger partial charge in [-0.15, -0.1) is 0 Å². The van der Waals surface area contributed by atoms with Crippen LogP contribution < -0.4 is 0 Å². The van der Waals surface area contributed by atoms with E-state index in [1.54, 1.807) is 13.8 Å². The molecule has 0 amide bonds. The van der Waals surface area contributed by atoms with Crippen molar-refractivity contribution in [1.82, 2.24) is 0 Å². The Balaban J connectivity index is 6.72. The van der Waals surface area contributed by atoms with Crippen molar-refractivity contribution in [1.29, 1.82) is 0 Å². The molecule has 0 aliphatic carbocycles. The molecule has 73 heavy (non-hydrogen) atoms. The van der Waals surface area contributed by atoms with Gasteiger partial charge in [-0.25, -0.2) is 19.2 Å². The average molecular weight is 1030 g/mol. The fourth-order valence-electron chi connectivity index (χ4n) is 6.18. The van der Waals surface area contributed by atoms with E-state index < -0.39 is 73.9 Å². The quantitative estimate of drug-likeness (QED) is 0.0245. The summed E-state index contributed by atoms with van der Waals surface area (Å²) in [5, 5.41) is 0. The van der Waals surface area contributed by atoms with Gasteiger partial charge in [-0.3, -0.25) is 0 Å². The molecule has 0 saturated heterocycles. The number of esters is 4. The van der Waals surface area contributed by atoms with Crippen LogP contribution in [-0.4, -0.2) is 163 Å². The maximum atomic E-state index is 11.6. The molecule has 0 aromatic rings. The van der Waals surface area contributed by atoms with Crippen molar-refractivity contribution in [2.24, 2.45) is 5.41 Å². The van der Waals surface area contributed by atoms with Crippen molar-refractivity contribution >= 4 is 39.6 Å². The Morgan fingerprint density at radius 2 is 0.521 bits per heavy atom. The number of ether oxygens (including phenoxy) is 12. The third-order valence-corrected chi connectivity index (χ3v) is 12.0. The summed E-state index contributed by atoms with van der Waals surface area (Å²) in [6.07, 6.45) is 7.92. The lowest BCUT2D eigenvalue weighted by molar-refractivity contribution is -0.191. The molecular formula is C55H94B2O16. The summed E-state index contributed by atoms with van der Waals surface area (Å²) in [5.74, 6) is -2.02. The summed E-state index contributed by atoms with van der Waals surface area (Å²) in [6.45, 7) is 42.9. The molecular weight excluding hydrogens is 938 g/mol. The molecule has 4 radical (unpaired) electrons. The standard InChI is InChI=1S/C55H94B2O16/c1-19-43(58)62-31-23-47(5,6)66-35-26-50(11,12)70-39-55(40-71-51(13,14)27-36-67-48(7,8)24-32-63-44(59)20-2,41-72-52(15,16)28-37-69-53(17,56)29-34-65-46(61)22-4)42-73-54(18,57)30-38-68-49(9,10)25-33-64-45(60)21-3/h19-22H,1-4,23-42H2,5-18H3. The monoisotopic (exact) mass is 1030 g/mol. The lowest BCUT2D eigenvalue weighted by atomic mass is 9.80. The molecule has 0 saturated carbocycles. The zero-order valence-corrected chi connectivity index (χ0v) is 47.5. The number of carbonyl (C=O) groups is 4. The van der Waals surface area contributed by atoms with E-state index in [4.69, 9.17) is 72.5 Å². The van der Waals surface area contributed by atoms with E-state index in [0.717, 1.165) is 24.3 Å². The summed E-state index contributed by atoms with van der Waals surface area (Å²) in [4.78, 5) is 46.4. The predicted molar refractivity (Wildman–Crippen MR) is 284 cm³/mol. The Bertz CT molecular complexity index is 1460. The van der Waals surface area contributed by atoms with Gasteiger partial charge in [0.05, 0.1) is 105 Å². The lowest BCUT2D eigenvalue weighted by Gasteiger charge is -2.42. The first kappa shape index (κ1) is 69.6. The first-order valence-corrected chi connectivity index (χ1v) is 25.3. The van der Waals surface area contributed by atoms with Gasteiger partial charge >= 0.3 is 23.9 Å². The predicted octanol–water partition coefficient (Wildman–Crippen LogP) is 8.58. The van der Waals surface area contributed by atoms with Gasteiger partial charge in [0.25, 0.3) is 0 Å². The highest BCUT2D eigenvalue weighted by atomic mass is 16.6. The van der Waals surface area contributed by atoms with E-state index >= 15 is 0 Å². The van der Waals surface area contributed by atoms with E-state index in [0.29, 0.717) is 58.2 Å². The molecule has 0 fully saturated rings. The van der Waals surface area contributed by atoms with Crippen LogP contribution in [0.2, 0.25) is 0 Å². The first-order chi connectivity index (χ1) is 33.5. The molecule has 16 nitrogen and oxygen atoms in total. The smallest absolute Gasteiger partial charge is 0.330 e. The van der Waals surface area contributed by atoms with Gasteiger partial charge in [-0.05, 0) is 123 Å². The zero-order chi connectivity index (χ0) is 56.3. The summed E-state index contributed by atoms with van der Waals surface area (Å²) < 4.78 is 72.6. The van der Waals surface area contributed by atoms with Gasteiger partial charge in [0, 0.05) is 74.2 Å². The third kappa shape index (κ3) is 35.5. The highest BCUT2D eigenvalue weighted by molar-refractivity contribution is 6.14. The Morgan fingerprint density at radius 3 is 0.822 bits per heavy atom. The maximum Gasteiger partial charge on any atom is 0.330 e. The molecule has 18 heteroatoms.